The Morgan fingerprint density at radius 1 is 1.38 bits per heavy atom. The summed E-state index contributed by atoms with van der Waals surface area (Å²) in [6, 6.07) is 5.80. The quantitative estimate of drug-likeness (QED) is 0.905. The highest BCUT2D eigenvalue weighted by Gasteiger charge is 2.34. The smallest absolute Gasteiger partial charge is 0.335 e. The van der Waals surface area contributed by atoms with Crippen molar-refractivity contribution in [3.05, 3.63) is 33.8 Å². The van der Waals surface area contributed by atoms with Crippen molar-refractivity contribution in [3.63, 3.8) is 0 Å². The van der Waals surface area contributed by atoms with Gasteiger partial charge in [-0.3, -0.25) is 4.90 Å². The molecule has 0 bridgehead atoms. The monoisotopic (exact) mass is 353 g/mol. The number of carbonyl (C=O) groups is 1. The number of ether oxygens (including phenoxy) is 1. The van der Waals surface area contributed by atoms with E-state index >= 15 is 0 Å². The van der Waals surface area contributed by atoms with Gasteiger partial charge >= 0.3 is 5.97 Å². The molecule has 114 valence electrons. The predicted octanol–water partition coefficient (Wildman–Crippen LogP) is 3.29. The molecule has 1 saturated carbocycles. The van der Waals surface area contributed by atoms with Crippen LogP contribution in [0.4, 0.5) is 0 Å². The summed E-state index contributed by atoms with van der Waals surface area (Å²) >= 11 is 3.51. The fourth-order valence-electron chi connectivity index (χ4n) is 3.40. The first-order chi connectivity index (χ1) is 10.1. The van der Waals surface area contributed by atoms with E-state index in [1.165, 1.54) is 25.7 Å². The summed E-state index contributed by atoms with van der Waals surface area (Å²) in [7, 11) is 0. The van der Waals surface area contributed by atoms with Gasteiger partial charge in [0.15, 0.2) is 0 Å². The first-order valence-corrected chi connectivity index (χ1v) is 8.32. The van der Waals surface area contributed by atoms with Crippen molar-refractivity contribution in [2.45, 2.75) is 44.4 Å². The Kier molecular flexibility index (Phi) is 4.62. The highest BCUT2D eigenvalue weighted by atomic mass is 79.9. The van der Waals surface area contributed by atoms with Gasteiger partial charge in [0.1, 0.15) is 0 Å². The maximum atomic E-state index is 11.0. The molecule has 1 aliphatic carbocycles. The van der Waals surface area contributed by atoms with Crippen molar-refractivity contribution in [2.24, 2.45) is 0 Å². The predicted molar refractivity (Wildman–Crippen MR) is 83.5 cm³/mol. The van der Waals surface area contributed by atoms with E-state index < -0.39 is 5.97 Å². The van der Waals surface area contributed by atoms with Gasteiger partial charge in [0.2, 0.25) is 0 Å². The van der Waals surface area contributed by atoms with Crippen LogP contribution >= 0.6 is 15.9 Å². The Labute approximate surface area is 133 Å². The van der Waals surface area contributed by atoms with E-state index in [4.69, 9.17) is 9.84 Å². The maximum Gasteiger partial charge on any atom is 0.335 e. The molecule has 0 amide bonds. The molecule has 0 aromatic heterocycles. The van der Waals surface area contributed by atoms with Crippen LogP contribution in [0.15, 0.2) is 22.7 Å². The van der Waals surface area contributed by atoms with E-state index in [9.17, 15) is 4.79 Å². The minimum Gasteiger partial charge on any atom is -0.478 e. The molecule has 5 heteroatoms. The van der Waals surface area contributed by atoms with Crippen LogP contribution in [-0.4, -0.2) is 41.3 Å². The number of halogens is 1. The second-order valence-corrected chi connectivity index (χ2v) is 6.70. The van der Waals surface area contributed by atoms with Gasteiger partial charge in [0.25, 0.3) is 0 Å². The fourth-order valence-corrected chi connectivity index (χ4v) is 3.90. The first-order valence-electron chi connectivity index (χ1n) is 7.52. The Balaban J connectivity index is 1.74. The number of fused-ring (bicyclic) bond motifs is 1. The average molecular weight is 354 g/mol. The molecular weight excluding hydrogens is 334 g/mol. The van der Waals surface area contributed by atoms with Crippen LogP contribution < -0.4 is 0 Å². The van der Waals surface area contributed by atoms with Crippen molar-refractivity contribution in [2.75, 3.05) is 13.2 Å². The number of hydrogen-bond acceptors (Lipinski definition) is 3. The van der Waals surface area contributed by atoms with Gasteiger partial charge in [-0.15, -0.1) is 0 Å². The Morgan fingerprint density at radius 2 is 2.19 bits per heavy atom. The van der Waals surface area contributed by atoms with Crippen LogP contribution in [0.2, 0.25) is 0 Å². The molecule has 0 spiro atoms. The zero-order valence-electron chi connectivity index (χ0n) is 11.9. The fraction of sp³-hybridized carbons (Fsp3) is 0.562. The van der Waals surface area contributed by atoms with E-state index in [1.54, 1.807) is 12.1 Å². The van der Waals surface area contributed by atoms with E-state index in [0.29, 0.717) is 17.7 Å². The van der Waals surface area contributed by atoms with Gasteiger partial charge in [0.05, 0.1) is 18.3 Å². The lowest BCUT2D eigenvalue weighted by atomic mass is 9.90. The molecule has 1 N–H and O–H groups in total. The summed E-state index contributed by atoms with van der Waals surface area (Å²) < 4.78 is 6.78. The lowest BCUT2D eigenvalue weighted by Crippen LogP contribution is -2.52. The maximum absolute atomic E-state index is 11.0. The summed E-state index contributed by atoms with van der Waals surface area (Å²) in [6.45, 7) is 2.60. The zero-order chi connectivity index (χ0) is 14.8. The van der Waals surface area contributed by atoms with Gasteiger partial charge < -0.3 is 9.84 Å². The second-order valence-electron chi connectivity index (χ2n) is 5.84. The van der Waals surface area contributed by atoms with Gasteiger partial charge in [-0.25, -0.2) is 4.79 Å². The van der Waals surface area contributed by atoms with Gasteiger partial charge in [-0.1, -0.05) is 34.8 Å². The molecule has 1 aliphatic heterocycles. The largest absolute Gasteiger partial charge is 0.478 e. The third-order valence-electron chi connectivity index (χ3n) is 4.52. The molecule has 1 aromatic carbocycles. The Morgan fingerprint density at radius 3 is 2.95 bits per heavy atom. The van der Waals surface area contributed by atoms with E-state index in [2.05, 4.69) is 20.8 Å². The van der Waals surface area contributed by atoms with Crippen LogP contribution in [0, 0.1) is 0 Å². The summed E-state index contributed by atoms with van der Waals surface area (Å²) in [5.41, 5.74) is 1.47. The topological polar surface area (TPSA) is 49.8 Å². The van der Waals surface area contributed by atoms with Crippen LogP contribution in [0.1, 0.15) is 41.6 Å². The molecule has 4 nitrogen and oxygen atoms in total. The number of benzene rings is 1. The molecular formula is C16H20BrNO3. The van der Waals surface area contributed by atoms with E-state index in [1.807, 2.05) is 6.07 Å². The van der Waals surface area contributed by atoms with Crippen LogP contribution in [0.5, 0.6) is 0 Å². The molecule has 2 fully saturated rings. The molecule has 2 aliphatic rings. The second kappa shape index (κ2) is 6.46. The minimum atomic E-state index is -0.888. The van der Waals surface area contributed by atoms with Gasteiger partial charge in [-0.2, -0.15) is 0 Å². The standard InChI is InChI=1S/C16H20BrNO3/c17-13-9-11(16(19)20)5-6-12(13)10-18-7-8-21-15-4-2-1-3-14(15)18/h5-6,9,14-15H,1-4,7-8,10H2,(H,19,20). The average Bonchev–Trinajstić information content (AvgIpc) is 2.49. The molecule has 0 radical (unpaired) electrons. The van der Waals surface area contributed by atoms with Crippen LogP contribution in [0.25, 0.3) is 0 Å². The van der Waals surface area contributed by atoms with Crippen molar-refractivity contribution in [3.8, 4) is 0 Å². The number of rotatable bonds is 3. The van der Waals surface area contributed by atoms with Crippen molar-refractivity contribution in [1.82, 2.24) is 4.90 Å². The number of hydrogen-bond donors (Lipinski definition) is 1. The van der Waals surface area contributed by atoms with Crippen molar-refractivity contribution in [1.29, 1.82) is 0 Å². The molecule has 1 saturated heterocycles. The van der Waals surface area contributed by atoms with E-state index in [0.717, 1.165) is 29.7 Å². The summed E-state index contributed by atoms with van der Waals surface area (Å²) in [6.07, 6.45) is 5.30. The third kappa shape index (κ3) is 3.30. The normalized spacial score (nSPS) is 26.3. The number of nitrogens with zero attached hydrogens (tertiary/aromatic N) is 1. The zero-order valence-corrected chi connectivity index (χ0v) is 13.5. The lowest BCUT2D eigenvalue weighted by Gasteiger charge is -2.44. The highest BCUT2D eigenvalue weighted by molar-refractivity contribution is 9.10. The third-order valence-corrected chi connectivity index (χ3v) is 5.26. The van der Waals surface area contributed by atoms with E-state index in [-0.39, 0.29) is 0 Å². The SMILES string of the molecule is O=C(O)c1ccc(CN2CCOC3CCCCC32)c(Br)c1. The summed E-state index contributed by atoms with van der Waals surface area (Å²) in [5, 5.41) is 9.03. The van der Waals surface area contributed by atoms with Crippen LogP contribution in [0.3, 0.4) is 0 Å². The summed E-state index contributed by atoms with van der Waals surface area (Å²) in [4.78, 5) is 13.5. The van der Waals surface area contributed by atoms with Gasteiger partial charge in [0, 0.05) is 23.6 Å². The van der Waals surface area contributed by atoms with Crippen LogP contribution in [-0.2, 0) is 11.3 Å². The molecule has 3 rings (SSSR count). The van der Waals surface area contributed by atoms with Gasteiger partial charge in [-0.05, 0) is 30.5 Å². The lowest BCUT2D eigenvalue weighted by molar-refractivity contribution is -0.0911. The minimum absolute atomic E-state index is 0.322. The molecule has 2 unspecified atom stereocenters. The molecule has 2 atom stereocenters. The molecule has 21 heavy (non-hydrogen) atoms. The summed E-state index contributed by atoms with van der Waals surface area (Å²) in [5.74, 6) is -0.888. The Hall–Kier alpha value is -0.910. The van der Waals surface area contributed by atoms with Crippen molar-refractivity contribution >= 4 is 21.9 Å². The first kappa shape index (κ1) is 15.0. The molecule has 1 aromatic rings. The number of carboxylic acids is 1. The number of carboxylic acid groups (broad SMARTS) is 1. The Bertz CT molecular complexity index is 532. The number of aromatic carboxylic acids is 1. The number of morpholine rings is 1. The highest BCUT2D eigenvalue weighted by Crippen LogP contribution is 2.30. The molecule has 1 heterocycles. The van der Waals surface area contributed by atoms with Crippen molar-refractivity contribution < 1.29 is 14.6 Å².